The lowest BCUT2D eigenvalue weighted by molar-refractivity contribution is 0.506. The van der Waals surface area contributed by atoms with E-state index in [4.69, 9.17) is 4.42 Å². The van der Waals surface area contributed by atoms with Crippen LogP contribution in [0, 0.1) is 5.92 Å². The van der Waals surface area contributed by atoms with E-state index in [1.807, 2.05) is 0 Å². The second kappa shape index (κ2) is 5.54. The third-order valence-corrected chi connectivity index (χ3v) is 3.27. The molecule has 0 spiro atoms. The van der Waals surface area contributed by atoms with Crippen molar-refractivity contribution in [2.75, 3.05) is 6.54 Å². The van der Waals surface area contributed by atoms with E-state index in [0.29, 0.717) is 5.92 Å². The fraction of sp³-hybridized carbons (Fsp3) is 0.600. The molecule has 1 aliphatic rings. The summed E-state index contributed by atoms with van der Waals surface area (Å²) in [5.41, 5.74) is 1.42. The number of hydrogen-bond acceptors (Lipinski definition) is 2. The normalized spacial score (nSPS) is 16.8. The van der Waals surface area contributed by atoms with Crippen molar-refractivity contribution >= 4 is 6.08 Å². The van der Waals surface area contributed by atoms with Gasteiger partial charge in [-0.2, -0.15) is 0 Å². The summed E-state index contributed by atoms with van der Waals surface area (Å²) in [6, 6.07) is 4.90. The maximum absolute atomic E-state index is 5.73. The summed E-state index contributed by atoms with van der Waals surface area (Å²) < 4.78 is 5.73. The Morgan fingerprint density at radius 3 is 2.76 bits per heavy atom. The van der Waals surface area contributed by atoms with Crippen LogP contribution in [0.15, 0.2) is 22.1 Å². The SMILES string of the molecule is CCc1ccc(C=C(CNC2CC2)C(C)C)o1. The molecule has 1 aliphatic carbocycles. The van der Waals surface area contributed by atoms with E-state index in [0.717, 1.165) is 30.5 Å². The van der Waals surface area contributed by atoms with Crippen LogP contribution in [0.2, 0.25) is 0 Å². The van der Waals surface area contributed by atoms with Crippen molar-refractivity contribution in [1.82, 2.24) is 5.32 Å². The van der Waals surface area contributed by atoms with Crippen LogP contribution in [0.5, 0.6) is 0 Å². The molecular weight excluding hydrogens is 210 g/mol. The molecule has 0 amide bonds. The minimum absolute atomic E-state index is 0.566. The Hall–Kier alpha value is -1.02. The van der Waals surface area contributed by atoms with Crippen LogP contribution in [0.25, 0.3) is 6.08 Å². The van der Waals surface area contributed by atoms with Crippen LogP contribution in [0.4, 0.5) is 0 Å². The first-order chi connectivity index (χ1) is 8.19. The van der Waals surface area contributed by atoms with Crippen LogP contribution < -0.4 is 5.32 Å². The molecule has 1 aromatic heterocycles. The van der Waals surface area contributed by atoms with Gasteiger partial charge < -0.3 is 9.73 Å². The second-order valence-electron chi connectivity index (χ2n) is 5.19. The van der Waals surface area contributed by atoms with Crippen molar-refractivity contribution in [2.24, 2.45) is 5.92 Å². The van der Waals surface area contributed by atoms with Crippen molar-refractivity contribution in [3.05, 3.63) is 29.2 Å². The summed E-state index contributed by atoms with van der Waals surface area (Å²) in [7, 11) is 0. The zero-order valence-corrected chi connectivity index (χ0v) is 11.1. The molecule has 2 heteroatoms. The number of hydrogen-bond donors (Lipinski definition) is 1. The van der Waals surface area contributed by atoms with Gasteiger partial charge in [0.2, 0.25) is 0 Å². The topological polar surface area (TPSA) is 25.2 Å². The highest BCUT2D eigenvalue weighted by Crippen LogP contribution is 2.21. The highest BCUT2D eigenvalue weighted by molar-refractivity contribution is 5.48. The van der Waals surface area contributed by atoms with Gasteiger partial charge in [-0.3, -0.25) is 0 Å². The molecule has 94 valence electrons. The fourth-order valence-electron chi connectivity index (χ4n) is 1.82. The number of furan rings is 1. The molecule has 1 aromatic rings. The molecule has 1 N–H and O–H groups in total. The van der Waals surface area contributed by atoms with Crippen LogP contribution in [0.1, 0.15) is 45.1 Å². The average Bonchev–Trinajstić information content (AvgIpc) is 3.02. The first-order valence-corrected chi connectivity index (χ1v) is 6.71. The molecule has 1 saturated carbocycles. The summed E-state index contributed by atoms with van der Waals surface area (Å²) in [4.78, 5) is 0. The van der Waals surface area contributed by atoms with Crippen molar-refractivity contribution < 1.29 is 4.42 Å². The van der Waals surface area contributed by atoms with E-state index < -0.39 is 0 Å². The first kappa shape index (κ1) is 12.4. The lowest BCUT2D eigenvalue weighted by Gasteiger charge is -2.11. The van der Waals surface area contributed by atoms with Gasteiger partial charge in [0, 0.05) is 19.0 Å². The number of aryl methyl sites for hydroxylation is 1. The summed E-state index contributed by atoms with van der Waals surface area (Å²) in [5.74, 6) is 2.62. The minimum atomic E-state index is 0.566. The van der Waals surface area contributed by atoms with Gasteiger partial charge in [-0.15, -0.1) is 0 Å². The van der Waals surface area contributed by atoms with Crippen molar-refractivity contribution in [3.8, 4) is 0 Å². The Morgan fingerprint density at radius 1 is 1.47 bits per heavy atom. The summed E-state index contributed by atoms with van der Waals surface area (Å²) in [6.07, 6.45) is 5.84. The van der Waals surface area contributed by atoms with Crippen LogP contribution in [-0.4, -0.2) is 12.6 Å². The maximum Gasteiger partial charge on any atom is 0.127 e. The standard InChI is InChI=1S/C15H23NO/c1-4-14-7-8-15(17-14)9-12(11(2)3)10-16-13-5-6-13/h7-9,11,13,16H,4-6,10H2,1-3H3. The predicted octanol–water partition coefficient (Wildman–Crippen LogP) is 3.63. The van der Waals surface area contributed by atoms with E-state index in [2.05, 4.69) is 44.3 Å². The molecule has 0 bridgehead atoms. The molecular formula is C15H23NO. The molecule has 1 heterocycles. The number of rotatable bonds is 6. The molecule has 17 heavy (non-hydrogen) atoms. The van der Waals surface area contributed by atoms with E-state index in [-0.39, 0.29) is 0 Å². The average molecular weight is 233 g/mol. The molecule has 0 saturated heterocycles. The maximum atomic E-state index is 5.73. The number of nitrogens with one attached hydrogen (secondary N) is 1. The second-order valence-corrected chi connectivity index (χ2v) is 5.19. The van der Waals surface area contributed by atoms with Gasteiger partial charge >= 0.3 is 0 Å². The van der Waals surface area contributed by atoms with Gasteiger partial charge in [0.05, 0.1) is 0 Å². The Balaban J connectivity index is 2.01. The van der Waals surface area contributed by atoms with Crippen LogP contribution in [0.3, 0.4) is 0 Å². The van der Waals surface area contributed by atoms with Gasteiger partial charge in [0.25, 0.3) is 0 Å². The van der Waals surface area contributed by atoms with Crippen molar-refractivity contribution in [3.63, 3.8) is 0 Å². The third kappa shape index (κ3) is 3.74. The third-order valence-electron chi connectivity index (χ3n) is 3.27. The van der Waals surface area contributed by atoms with Crippen LogP contribution in [-0.2, 0) is 6.42 Å². The first-order valence-electron chi connectivity index (χ1n) is 6.71. The van der Waals surface area contributed by atoms with Crippen molar-refractivity contribution in [1.29, 1.82) is 0 Å². The smallest absolute Gasteiger partial charge is 0.127 e. The summed E-state index contributed by atoms with van der Waals surface area (Å²) in [5, 5.41) is 3.57. The Bertz CT molecular complexity index is 385. The Morgan fingerprint density at radius 2 is 2.24 bits per heavy atom. The van der Waals surface area contributed by atoms with E-state index in [1.54, 1.807) is 0 Å². The highest BCUT2D eigenvalue weighted by Gasteiger charge is 2.20. The summed E-state index contributed by atoms with van der Waals surface area (Å²) in [6.45, 7) is 7.59. The van der Waals surface area contributed by atoms with E-state index in [1.165, 1.54) is 18.4 Å². The zero-order chi connectivity index (χ0) is 12.3. The van der Waals surface area contributed by atoms with E-state index >= 15 is 0 Å². The van der Waals surface area contributed by atoms with E-state index in [9.17, 15) is 0 Å². The lowest BCUT2D eigenvalue weighted by Crippen LogP contribution is -2.21. The fourth-order valence-corrected chi connectivity index (χ4v) is 1.82. The predicted molar refractivity (Wildman–Crippen MR) is 71.9 cm³/mol. The molecule has 0 unspecified atom stereocenters. The molecule has 0 atom stereocenters. The van der Waals surface area contributed by atoms with Gasteiger partial charge in [0.1, 0.15) is 11.5 Å². The van der Waals surface area contributed by atoms with Crippen molar-refractivity contribution in [2.45, 2.75) is 46.1 Å². The van der Waals surface area contributed by atoms with Gasteiger partial charge in [-0.05, 0) is 37.0 Å². The highest BCUT2D eigenvalue weighted by atomic mass is 16.3. The largest absolute Gasteiger partial charge is 0.462 e. The molecule has 0 aromatic carbocycles. The Labute approximate surface area is 104 Å². The van der Waals surface area contributed by atoms with Gasteiger partial charge in [0.15, 0.2) is 0 Å². The summed E-state index contributed by atoms with van der Waals surface area (Å²) >= 11 is 0. The van der Waals surface area contributed by atoms with Gasteiger partial charge in [-0.25, -0.2) is 0 Å². The molecule has 2 rings (SSSR count). The molecule has 0 radical (unpaired) electrons. The molecule has 2 nitrogen and oxygen atoms in total. The molecule has 0 aliphatic heterocycles. The van der Waals surface area contributed by atoms with Gasteiger partial charge in [-0.1, -0.05) is 26.3 Å². The lowest BCUT2D eigenvalue weighted by atomic mass is 10.0. The quantitative estimate of drug-likeness (QED) is 0.811. The monoisotopic (exact) mass is 233 g/mol. The Kier molecular flexibility index (Phi) is 4.06. The molecule has 1 fully saturated rings. The zero-order valence-electron chi connectivity index (χ0n) is 11.1. The minimum Gasteiger partial charge on any atom is -0.462 e. The van der Waals surface area contributed by atoms with Crippen LogP contribution >= 0.6 is 0 Å².